The molecule has 1 unspecified atom stereocenters. The molecule has 152 valence electrons. The van der Waals surface area contributed by atoms with E-state index in [1.54, 1.807) is 12.1 Å². The smallest absolute Gasteiger partial charge is 0.266 e. The SMILES string of the molecule is O=C[C@@H]1CCC[C@H](COc2cccc3c2C(=O)N(C2CCC(=O)NC2=O)C3=O)C1. The molecule has 29 heavy (non-hydrogen) atoms. The van der Waals surface area contributed by atoms with E-state index >= 15 is 0 Å². The van der Waals surface area contributed by atoms with Gasteiger partial charge in [0, 0.05) is 12.3 Å². The number of piperidine rings is 1. The van der Waals surface area contributed by atoms with Crippen LogP contribution >= 0.6 is 0 Å². The monoisotopic (exact) mass is 398 g/mol. The summed E-state index contributed by atoms with van der Waals surface area (Å²) in [6.07, 6.45) is 4.75. The Hall–Kier alpha value is -3.03. The van der Waals surface area contributed by atoms with Gasteiger partial charge in [0.25, 0.3) is 11.8 Å². The molecule has 2 fully saturated rings. The summed E-state index contributed by atoms with van der Waals surface area (Å²) >= 11 is 0. The molecule has 8 heteroatoms. The van der Waals surface area contributed by atoms with Gasteiger partial charge in [0.05, 0.1) is 17.7 Å². The molecule has 1 aromatic rings. The number of carbonyl (C=O) groups excluding carboxylic acids is 5. The number of amides is 4. The molecule has 2 aliphatic heterocycles. The fourth-order valence-electron chi connectivity index (χ4n) is 4.42. The molecule has 8 nitrogen and oxygen atoms in total. The highest BCUT2D eigenvalue weighted by Crippen LogP contribution is 2.35. The zero-order valence-corrected chi connectivity index (χ0v) is 15.9. The summed E-state index contributed by atoms with van der Waals surface area (Å²) in [5, 5.41) is 2.18. The number of hydrogen-bond donors (Lipinski definition) is 1. The second-order valence-electron chi connectivity index (χ2n) is 7.87. The molecular formula is C21H22N2O6. The summed E-state index contributed by atoms with van der Waals surface area (Å²) < 4.78 is 5.91. The van der Waals surface area contributed by atoms with Crippen LogP contribution in [0.2, 0.25) is 0 Å². The van der Waals surface area contributed by atoms with Gasteiger partial charge in [0.2, 0.25) is 11.8 Å². The van der Waals surface area contributed by atoms with E-state index in [2.05, 4.69) is 5.32 Å². The predicted molar refractivity (Wildman–Crippen MR) is 100 cm³/mol. The third-order valence-corrected chi connectivity index (χ3v) is 5.92. The molecule has 3 aliphatic rings. The Balaban J connectivity index is 1.52. The summed E-state index contributed by atoms with van der Waals surface area (Å²) in [5.41, 5.74) is 0.358. The number of hydrogen-bond acceptors (Lipinski definition) is 6. The van der Waals surface area contributed by atoms with E-state index in [1.807, 2.05) is 0 Å². The molecule has 0 bridgehead atoms. The average molecular weight is 398 g/mol. The minimum Gasteiger partial charge on any atom is -0.492 e. The Morgan fingerprint density at radius 2 is 1.93 bits per heavy atom. The van der Waals surface area contributed by atoms with Crippen LogP contribution in [0.3, 0.4) is 0 Å². The normalized spacial score (nSPS) is 26.9. The molecular weight excluding hydrogens is 376 g/mol. The number of benzene rings is 1. The highest BCUT2D eigenvalue weighted by atomic mass is 16.5. The lowest BCUT2D eigenvalue weighted by molar-refractivity contribution is -0.136. The minimum atomic E-state index is -1.00. The Labute approximate surface area is 167 Å². The lowest BCUT2D eigenvalue weighted by Crippen LogP contribution is -2.54. The summed E-state index contributed by atoms with van der Waals surface area (Å²) in [6, 6.07) is 3.82. The van der Waals surface area contributed by atoms with Crippen molar-refractivity contribution < 1.29 is 28.7 Å². The molecule has 0 aromatic heterocycles. The van der Waals surface area contributed by atoms with Gasteiger partial charge in [-0.3, -0.25) is 29.4 Å². The van der Waals surface area contributed by atoms with Crippen molar-refractivity contribution in [1.29, 1.82) is 0 Å². The van der Waals surface area contributed by atoms with Crippen molar-refractivity contribution in [2.45, 2.75) is 44.6 Å². The number of aldehydes is 1. The Bertz CT molecular complexity index is 895. The van der Waals surface area contributed by atoms with Crippen molar-refractivity contribution >= 4 is 29.9 Å². The zero-order valence-electron chi connectivity index (χ0n) is 15.9. The van der Waals surface area contributed by atoms with Crippen molar-refractivity contribution in [3.05, 3.63) is 29.3 Å². The lowest BCUT2D eigenvalue weighted by atomic mass is 9.82. The lowest BCUT2D eigenvalue weighted by Gasteiger charge is -2.28. The van der Waals surface area contributed by atoms with Crippen molar-refractivity contribution in [2.24, 2.45) is 11.8 Å². The standard InChI is InChI=1S/C21H22N2O6/c24-10-12-3-1-4-13(9-12)11-29-16-6-2-5-14-18(16)21(28)23(20(14)27)15-7-8-17(25)22-19(15)26/h2,5-6,10,12-13,15H,1,3-4,7-9,11H2,(H,22,25,26)/t12-,13+,15?/m1/s1. The van der Waals surface area contributed by atoms with Crippen molar-refractivity contribution in [2.75, 3.05) is 6.61 Å². The topological polar surface area (TPSA) is 110 Å². The van der Waals surface area contributed by atoms with Gasteiger partial charge in [-0.25, -0.2) is 0 Å². The van der Waals surface area contributed by atoms with Gasteiger partial charge >= 0.3 is 0 Å². The van der Waals surface area contributed by atoms with E-state index in [9.17, 15) is 24.0 Å². The predicted octanol–water partition coefficient (Wildman–Crippen LogP) is 1.47. The number of ether oxygens (including phenoxy) is 1. The molecule has 0 radical (unpaired) electrons. The number of carbonyl (C=O) groups is 5. The number of fused-ring (bicyclic) bond motifs is 1. The van der Waals surface area contributed by atoms with Crippen molar-refractivity contribution in [1.82, 2.24) is 10.2 Å². The van der Waals surface area contributed by atoms with Crippen LogP contribution in [0.1, 0.15) is 59.2 Å². The van der Waals surface area contributed by atoms with Gasteiger partial charge in [0.15, 0.2) is 0 Å². The van der Waals surface area contributed by atoms with Crippen molar-refractivity contribution in [3.8, 4) is 5.75 Å². The molecule has 1 saturated carbocycles. The van der Waals surface area contributed by atoms with E-state index in [0.29, 0.717) is 12.4 Å². The van der Waals surface area contributed by atoms with Crippen LogP contribution in [0.25, 0.3) is 0 Å². The molecule has 1 aliphatic carbocycles. The van der Waals surface area contributed by atoms with E-state index in [4.69, 9.17) is 4.74 Å². The van der Waals surface area contributed by atoms with Gasteiger partial charge in [0.1, 0.15) is 18.1 Å². The Morgan fingerprint density at radius 3 is 2.69 bits per heavy atom. The summed E-state index contributed by atoms with van der Waals surface area (Å²) in [4.78, 5) is 61.4. The van der Waals surface area contributed by atoms with E-state index in [0.717, 1.165) is 36.9 Å². The fraction of sp³-hybridized carbons (Fsp3) is 0.476. The first kappa shape index (κ1) is 19.3. The Morgan fingerprint density at radius 1 is 1.10 bits per heavy atom. The maximum absolute atomic E-state index is 13.0. The molecule has 1 saturated heterocycles. The molecule has 2 heterocycles. The van der Waals surface area contributed by atoms with Crippen LogP contribution in [0.4, 0.5) is 0 Å². The summed E-state index contributed by atoms with van der Waals surface area (Å²) in [7, 11) is 0. The van der Waals surface area contributed by atoms with Crippen LogP contribution in [0.15, 0.2) is 18.2 Å². The average Bonchev–Trinajstić information content (AvgIpc) is 2.98. The van der Waals surface area contributed by atoms with E-state index in [1.165, 1.54) is 6.07 Å². The maximum Gasteiger partial charge on any atom is 0.266 e. The highest BCUT2D eigenvalue weighted by Gasteiger charge is 2.46. The van der Waals surface area contributed by atoms with Crippen LogP contribution in [0, 0.1) is 11.8 Å². The molecule has 1 N–H and O–H groups in total. The van der Waals surface area contributed by atoms with E-state index in [-0.39, 0.29) is 35.8 Å². The molecule has 1 aromatic carbocycles. The zero-order chi connectivity index (χ0) is 20.5. The molecule has 0 spiro atoms. The summed E-state index contributed by atoms with van der Waals surface area (Å²) in [5.74, 6) is -1.61. The highest BCUT2D eigenvalue weighted by molar-refractivity contribution is 6.24. The molecule has 4 rings (SSSR count). The third-order valence-electron chi connectivity index (χ3n) is 5.92. The second-order valence-corrected chi connectivity index (χ2v) is 7.87. The minimum absolute atomic E-state index is 0.0464. The van der Waals surface area contributed by atoms with E-state index < -0.39 is 29.7 Å². The van der Waals surface area contributed by atoms with Gasteiger partial charge in [-0.1, -0.05) is 12.5 Å². The maximum atomic E-state index is 13.0. The van der Waals surface area contributed by atoms with Crippen LogP contribution in [-0.4, -0.2) is 47.5 Å². The quantitative estimate of drug-likeness (QED) is 0.594. The molecule has 3 atom stereocenters. The van der Waals surface area contributed by atoms with Gasteiger partial charge < -0.3 is 9.53 Å². The van der Waals surface area contributed by atoms with Gasteiger partial charge in [-0.15, -0.1) is 0 Å². The van der Waals surface area contributed by atoms with Crippen LogP contribution in [0.5, 0.6) is 5.75 Å². The first-order valence-corrected chi connectivity index (χ1v) is 9.92. The first-order valence-electron chi connectivity index (χ1n) is 9.92. The molecule has 4 amide bonds. The van der Waals surface area contributed by atoms with Gasteiger partial charge in [-0.2, -0.15) is 0 Å². The third kappa shape index (κ3) is 3.54. The summed E-state index contributed by atoms with van der Waals surface area (Å²) in [6.45, 7) is 0.362. The fourth-order valence-corrected chi connectivity index (χ4v) is 4.42. The first-order chi connectivity index (χ1) is 14.0. The number of nitrogens with zero attached hydrogens (tertiary/aromatic N) is 1. The number of nitrogens with one attached hydrogen (secondary N) is 1. The number of imide groups is 2. The largest absolute Gasteiger partial charge is 0.492 e. The number of rotatable bonds is 5. The van der Waals surface area contributed by atoms with Gasteiger partial charge in [-0.05, 0) is 43.7 Å². The van der Waals surface area contributed by atoms with Crippen LogP contribution < -0.4 is 10.1 Å². The second kappa shape index (κ2) is 7.77. The van der Waals surface area contributed by atoms with Crippen molar-refractivity contribution in [3.63, 3.8) is 0 Å². The Kier molecular flexibility index (Phi) is 5.17. The van der Waals surface area contributed by atoms with Crippen LogP contribution in [-0.2, 0) is 14.4 Å².